The number of aromatic hydroxyl groups is 2. The summed E-state index contributed by atoms with van der Waals surface area (Å²) in [4.78, 5) is 38.0. The van der Waals surface area contributed by atoms with Gasteiger partial charge in [-0.3, -0.25) is 19.6 Å². The van der Waals surface area contributed by atoms with Gasteiger partial charge >= 0.3 is 5.69 Å². The SMILES string of the molecule is O=C(c1ccccc1O)c1c(O)[nH]c(=O)[nH]c1=O. The highest BCUT2D eigenvalue weighted by Crippen LogP contribution is 2.20. The highest BCUT2D eigenvalue weighted by molar-refractivity contribution is 6.11. The summed E-state index contributed by atoms with van der Waals surface area (Å²) >= 11 is 0. The number of para-hydroxylation sites is 1. The highest BCUT2D eigenvalue weighted by Gasteiger charge is 2.21. The average Bonchev–Trinajstić information content (AvgIpc) is 2.27. The Labute approximate surface area is 99.4 Å². The van der Waals surface area contributed by atoms with Gasteiger partial charge in [-0.1, -0.05) is 12.1 Å². The number of aromatic nitrogens is 2. The number of hydrogen-bond acceptors (Lipinski definition) is 5. The fourth-order valence-electron chi connectivity index (χ4n) is 1.49. The molecule has 18 heavy (non-hydrogen) atoms. The Bertz CT molecular complexity index is 729. The third-order valence-corrected chi connectivity index (χ3v) is 2.30. The van der Waals surface area contributed by atoms with E-state index in [0.29, 0.717) is 0 Å². The zero-order valence-corrected chi connectivity index (χ0v) is 8.93. The molecule has 0 saturated carbocycles. The summed E-state index contributed by atoms with van der Waals surface area (Å²) in [5, 5.41) is 18.9. The van der Waals surface area contributed by atoms with Crippen LogP contribution in [0, 0.1) is 0 Å². The first kappa shape index (κ1) is 11.6. The van der Waals surface area contributed by atoms with Crippen LogP contribution in [0.25, 0.3) is 0 Å². The molecule has 0 aliphatic heterocycles. The van der Waals surface area contributed by atoms with Crippen molar-refractivity contribution in [2.75, 3.05) is 0 Å². The minimum Gasteiger partial charge on any atom is -0.507 e. The first-order chi connectivity index (χ1) is 8.50. The zero-order valence-electron chi connectivity index (χ0n) is 8.93. The minimum absolute atomic E-state index is 0.148. The van der Waals surface area contributed by atoms with Gasteiger partial charge in [-0.2, -0.15) is 0 Å². The Morgan fingerprint density at radius 2 is 1.72 bits per heavy atom. The molecule has 7 heteroatoms. The van der Waals surface area contributed by atoms with Crippen LogP contribution in [0.1, 0.15) is 15.9 Å². The van der Waals surface area contributed by atoms with Gasteiger partial charge in [-0.15, -0.1) is 0 Å². The summed E-state index contributed by atoms with van der Waals surface area (Å²) in [5.74, 6) is -2.05. The van der Waals surface area contributed by atoms with Crippen LogP contribution in [0.2, 0.25) is 0 Å². The van der Waals surface area contributed by atoms with Crippen molar-refractivity contribution >= 4 is 5.78 Å². The lowest BCUT2D eigenvalue weighted by Gasteiger charge is -2.03. The molecule has 2 aromatic rings. The third-order valence-electron chi connectivity index (χ3n) is 2.30. The van der Waals surface area contributed by atoms with Crippen LogP contribution in [0.3, 0.4) is 0 Å². The molecule has 1 heterocycles. The van der Waals surface area contributed by atoms with Crippen LogP contribution < -0.4 is 11.2 Å². The lowest BCUT2D eigenvalue weighted by atomic mass is 10.0. The van der Waals surface area contributed by atoms with Gasteiger partial charge in [-0.25, -0.2) is 4.79 Å². The van der Waals surface area contributed by atoms with Crippen LogP contribution in [-0.4, -0.2) is 26.0 Å². The van der Waals surface area contributed by atoms with Gasteiger partial charge < -0.3 is 10.2 Å². The predicted molar refractivity (Wildman–Crippen MR) is 60.9 cm³/mol. The van der Waals surface area contributed by atoms with E-state index < -0.39 is 28.5 Å². The molecular weight excluding hydrogens is 240 g/mol. The Hall–Kier alpha value is -2.83. The lowest BCUT2D eigenvalue weighted by molar-refractivity contribution is 0.103. The van der Waals surface area contributed by atoms with Gasteiger partial charge in [0, 0.05) is 0 Å². The number of H-pyrrole nitrogens is 2. The number of phenols is 1. The maximum atomic E-state index is 12.0. The average molecular weight is 248 g/mol. The van der Waals surface area contributed by atoms with Crippen LogP contribution in [0.4, 0.5) is 0 Å². The van der Waals surface area contributed by atoms with Crippen molar-refractivity contribution in [3.8, 4) is 11.6 Å². The maximum Gasteiger partial charge on any atom is 0.328 e. The van der Waals surface area contributed by atoms with E-state index in [0.717, 1.165) is 0 Å². The van der Waals surface area contributed by atoms with Crippen molar-refractivity contribution < 1.29 is 15.0 Å². The molecule has 0 aliphatic rings. The Balaban J connectivity index is 2.65. The second-order valence-corrected chi connectivity index (χ2v) is 3.48. The fraction of sp³-hybridized carbons (Fsp3) is 0. The van der Waals surface area contributed by atoms with Gasteiger partial charge in [-0.05, 0) is 12.1 Å². The molecule has 2 rings (SSSR count). The Morgan fingerprint density at radius 3 is 2.33 bits per heavy atom. The smallest absolute Gasteiger partial charge is 0.328 e. The number of phenolic OH excluding ortho intramolecular Hbond substituents is 1. The van der Waals surface area contributed by atoms with E-state index in [1.54, 1.807) is 0 Å². The molecule has 0 radical (unpaired) electrons. The summed E-state index contributed by atoms with van der Waals surface area (Å²) in [6, 6.07) is 5.55. The van der Waals surface area contributed by atoms with Gasteiger partial charge in [0.05, 0.1) is 5.56 Å². The van der Waals surface area contributed by atoms with Crippen molar-refractivity contribution in [3.05, 3.63) is 56.2 Å². The third kappa shape index (κ3) is 1.88. The second kappa shape index (κ2) is 4.21. The molecule has 1 aromatic heterocycles. The first-order valence-corrected chi connectivity index (χ1v) is 4.89. The van der Waals surface area contributed by atoms with Crippen LogP contribution in [0.15, 0.2) is 33.9 Å². The second-order valence-electron chi connectivity index (χ2n) is 3.48. The van der Waals surface area contributed by atoms with Gasteiger partial charge in [0.1, 0.15) is 11.3 Å². The molecule has 0 fully saturated rings. The van der Waals surface area contributed by atoms with E-state index in [9.17, 15) is 24.6 Å². The van der Waals surface area contributed by atoms with Gasteiger partial charge in [0.2, 0.25) is 11.7 Å². The number of carbonyl (C=O) groups is 1. The molecule has 1 aromatic carbocycles. The van der Waals surface area contributed by atoms with Crippen LogP contribution in [-0.2, 0) is 0 Å². The number of ketones is 1. The number of nitrogens with one attached hydrogen (secondary N) is 2. The molecule has 0 saturated heterocycles. The lowest BCUT2D eigenvalue weighted by Crippen LogP contribution is -2.27. The summed E-state index contributed by atoms with van der Waals surface area (Å²) in [5.41, 5.74) is -2.72. The van der Waals surface area contributed by atoms with E-state index in [4.69, 9.17) is 0 Å². The summed E-state index contributed by atoms with van der Waals surface area (Å²) in [6.45, 7) is 0. The molecule has 92 valence electrons. The fourth-order valence-corrected chi connectivity index (χ4v) is 1.49. The molecule has 4 N–H and O–H groups in total. The van der Waals surface area contributed by atoms with E-state index in [-0.39, 0.29) is 11.3 Å². The number of benzene rings is 1. The molecule has 0 unspecified atom stereocenters. The van der Waals surface area contributed by atoms with Crippen molar-refractivity contribution in [2.24, 2.45) is 0 Å². The Morgan fingerprint density at radius 1 is 1.06 bits per heavy atom. The predicted octanol–water partition coefficient (Wildman–Crippen LogP) is -0.295. The zero-order chi connectivity index (χ0) is 13.3. The first-order valence-electron chi connectivity index (χ1n) is 4.89. The molecular formula is C11H8N2O5. The number of carbonyl (C=O) groups excluding carboxylic acids is 1. The van der Waals surface area contributed by atoms with Crippen molar-refractivity contribution in [2.45, 2.75) is 0 Å². The van der Waals surface area contributed by atoms with Crippen molar-refractivity contribution in [1.29, 1.82) is 0 Å². The monoisotopic (exact) mass is 248 g/mol. The van der Waals surface area contributed by atoms with E-state index in [1.165, 1.54) is 24.3 Å². The molecule has 0 aliphatic carbocycles. The summed E-state index contributed by atoms with van der Waals surface area (Å²) in [6.07, 6.45) is 0. The quantitative estimate of drug-likeness (QED) is 0.543. The molecule has 7 nitrogen and oxygen atoms in total. The standard InChI is InChI=1S/C11H8N2O5/c14-6-4-2-1-3-5(6)8(15)7-9(16)12-11(18)13-10(7)17/h1-4,14H,(H3,12,13,16,17,18). The van der Waals surface area contributed by atoms with Gasteiger partial charge in [0.25, 0.3) is 5.56 Å². The minimum atomic E-state index is -1.02. The molecule has 0 spiro atoms. The number of hydrogen-bond donors (Lipinski definition) is 4. The normalized spacial score (nSPS) is 10.2. The van der Waals surface area contributed by atoms with Crippen LogP contribution >= 0.6 is 0 Å². The largest absolute Gasteiger partial charge is 0.507 e. The number of aromatic amines is 2. The van der Waals surface area contributed by atoms with E-state index in [1.807, 2.05) is 9.97 Å². The van der Waals surface area contributed by atoms with Gasteiger partial charge in [0.15, 0.2) is 0 Å². The van der Waals surface area contributed by atoms with Crippen molar-refractivity contribution in [1.82, 2.24) is 9.97 Å². The number of rotatable bonds is 2. The van der Waals surface area contributed by atoms with Crippen molar-refractivity contribution in [3.63, 3.8) is 0 Å². The van der Waals surface area contributed by atoms with E-state index in [2.05, 4.69) is 0 Å². The highest BCUT2D eigenvalue weighted by atomic mass is 16.3. The van der Waals surface area contributed by atoms with E-state index >= 15 is 0 Å². The topological polar surface area (TPSA) is 123 Å². The maximum absolute atomic E-state index is 12.0. The Kier molecular flexibility index (Phi) is 2.72. The molecule has 0 bridgehead atoms. The molecule has 0 atom stereocenters. The summed E-state index contributed by atoms with van der Waals surface area (Å²) in [7, 11) is 0. The summed E-state index contributed by atoms with van der Waals surface area (Å²) < 4.78 is 0. The molecule has 0 amide bonds. The van der Waals surface area contributed by atoms with Crippen LogP contribution in [0.5, 0.6) is 11.6 Å².